The van der Waals surface area contributed by atoms with Crippen molar-refractivity contribution in [1.82, 2.24) is 14.5 Å². The fourth-order valence-electron chi connectivity index (χ4n) is 3.96. The van der Waals surface area contributed by atoms with Crippen molar-refractivity contribution >= 4 is 38.8 Å². The van der Waals surface area contributed by atoms with Gasteiger partial charge in [-0.05, 0) is 26.0 Å². The maximum Gasteiger partial charge on any atom is 0.198 e. The molecule has 0 spiro atoms. The summed E-state index contributed by atoms with van der Waals surface area (Å²) in [7, 11) is 0. The van der Waals surface area contributed by atoms with Gasteiger partial charge in [0.25, 0.3) is 0 Å². The third-order valence-corrected chi connectivity index (χ3v) is 6.12. The highest BCUT2D eigenvalue weighted by molar-refractivity contribution is 7.13. The first kappa shape index (κ1) is 20.5. The van der Waals surface area contributed by atoms with Crippen LogP contribution >= 0.6 is 11.3 Å². The van der Waals surface area contributed by atoms with Gasteiger partial charge in [-0.1, -0.05) is 0 Å². The van der Waals surface area contributed by atoms with Crippen LogP contribution < -0.4 is 16.1 Å². The van der Waals surface area contributed by atoms with Crippen LogP contribution in [0.1, 0.15) is 13.8 Å². The molecule has 158 valence electrons. The highest BCUT2D eigenvalue weighted by Gasteiger charge is 2.22. The van der Waals surface area contributed by atoms with E-state index in [4.69, 9.17) is 5.73 Å². The van der Waals surface area contributed by atoms with Gasteiger partial charge in [0.1, 0.15) is 11.6 Å². The van der Waals surface area contributed by atoms with Crippen LogP contribution in [0.3, 0.4) is 0 Å². The largest absolute Gasteiger partial charge is 0.375 e. The maximum absolute atomic E-state index is 15.1. The number of carbonyl (C=O) groups is 1. The van der Waals surface area contributed by atoms with E-state index in [2.05, 4.69) is 9.88 Å². The Hall–Kier alpha value is -2.78. The van der Waals surface area contributed by atoms with Gasteiger partial charge in [0.15, 0.2) is 10.6 Å². The molecule has 7 nitrogen and oxygen atoms in total. The summed E-state index contributed by atoms with van der Waals surface area (Å²) >= 11 is 1.27. The Morgan fingerprint density at radius 3 is 2.60 bits per heavy atom. The molecule has 0 bridgehead atoms. The summed E-state index contributed by atoms with van der Waals surface area (Å²) in [5, 5.41) is 2.46. The van der Waals surface area contributed by atoms with Gasteiger partial charge in [-0.25, -0.2) is 9.37 Å². The molecule has 0 amide bonds. The van der Waals surface area contributed by atoms with Crippen LogP contribution in [0.2, 0.25) is 0 Å². The molecular formula is C21H24FN5O2S. The normalized spacial score (nSPS) is 15.1. The lowest BCUT2D eigenvalue weighted by Gasteiger charge is -2.35. The van der Waals surface area contributed by atoms with Crippen molar-refractivity contribution in [3.63, 3.8) is 0 Å². The van der Waals surface area contributed by atoms with Crippen molar-refractivity contribution in [2.75, 3.05) is 43.4 Å². The van der Waals surface area contributed by atoms with Crippen LogP contribution in [0.4, 0.5) is 15.2 Å². The molecular weight excluding hydrogens is 405 g/mol. The molecule has 0 atom stereocenters. The number of Topliss-reactive ketones (excluding diaryl/α,β-unsaturated/α-hetero) is 1. The van der Waals surface area contributed by atoms with E-state index in [0.29, 0.717) is 72.2 Å². The Labute approximate surface area is 177 Å². The molecule has 3 aromatic rings. The van der Waals surface area contributed by atoms with Crippen LogP contribution in [-0.4, -0.2) is 53.0 Å². The Morgan fingerprint density at radius 1 is 1.27 bits per heavy atom. The number of hydrogen-bond acceptors (Lipinski definition) is 7. The third-order valence-electron chi connectivity index (χ3n) is 5.45. The molecule has 3 heterocycles. The smallest absolute Gasteiger partial charge is 0.198 e. The van der Waals surface area contributed by atoms with Gasteiger partial charge in [0, 0.05) is 49.7 Å². The van der Waals surface area contributed by atoms with E-state index in [1.54, 1.807) is 24.6 Å². The number of benzene rings is 1. The second-order valence-corrected chi connectivity index (χ2v) is 8.40. The zero-order chi connectivity index (χ0) is 21.4. The number of carbonyl (C=O) groups excluding carboxylic acids is 1. The van der Waals surface area contributed by atoms with Gasteiger partial charge in [-0.2, -0.15) is 0 Å². The van der Waals surface area contributed by atoms with E-state index in [1.807, 2.05) is 16.4 Å². The first-order valence-electron chi connectivity index (χ1n) is 9.92. The van der Waals surface area contributed by atoms with Gasteiger partial charge in [-0.3, -0.25) is 14.5 Å². The minimum absolute atomic E-state index is 0.130. The SMILES string of the molecule is CCn1cc(-c2csc(N)n2)c(=O)c2cc(F)c(N3CCN(CC(C)=O)CC3)cc21. The predicted molar refractivity (Wildman–Crippen MR) is 119 cm³/mol. The summed E-state index contributed by atoms with van der Waals surface area (Å²) in [5.41, 5.74) is 7.58. The van der Waals surface area contributed by atoms with Gasteiger partial charge >= 0.3 is 0 Å². The number of rotatable bonds is 5. The van der Waals surface area contributed by atoms with E-state index in [1.165, 1.54) is 17.4 Å². The average Bonchev–Trinajstić information content (AvgIpc) is 3.14. The summed E-state index contributed by atoms with van der Waals surface area (Å²) in [6.07, 6.45) is 1.77. The van der Waals surface area contributed by atoms with E-state index < -0.39 is 5.82 Å². The number of pyridine rings is 1. The summed E-state index contributed by atoms with van der Waals surface area (Å²) in [4.78, 5) is 32.7. The fraction of sp³-hybridized carbons (Fsp3) is 0.381. The van der Waals surface area contributed by atoms with Crippen molar-refractivity contribution in [3.05, 3.63) is 39.8 Å². The lowest BCUT2D eigenvalue weighted by atomic mass is 10.1. The standard InChI is InChI=1S/C21H24FN5O2S/c1-3-26-11-15(17-12-30-21(23)24-17)20(29)14-8-16(22)19(9-18(14)26)27-6-4-25(5-7-27)10-13(2)28/h8-9,11-12H,3-7,10H2,1-2H3,(H2,23,24). The first-order chi connectivity index (χ1) is 14.4. The molecule has 30 heavy (non-hydrogen) atoms. The van der Waals surface area contributed by atoms with Crippen LogP contribution in [0.5, 0.6) is 0 Å². The number of nitrogens with two attached hydrogens (primary N) is 1. The monoisotopic (exact) mass is 429 g/mol. The van der Waals surface area contributed by atoms with Crippen LogP contribution in [0.25, 0.3) is 22.2 Å². The summed E-state index contributed by atoms with van der Waals surface area (Å²) in [5.74, 6) is -0.290. The number of aromatic nitrogens is 2. The Kier molecular flexibility index (Phi) is 5.57. The van der Waals surface area contributed by atoms with Gasteiger partial charge in [0.05, 0.1) is 29.0 Å². The Bertz CT molecular complexity index is 1160. The van der Waals surface area contributed by atoms with Gasteiger partial charge in [0.2, 0.25) is 0 Å². The molecule has 9 heteroatoms. The fourth-order valence-corrected chi connectivity index (χ4v) is 4.52. The predicted octanol–water partition coefficient (Wildman–Crippen LogP) is 2.58. The van der Waals surface area contributed by atoms with Gasteiger partial charge < -0.3 is 15.2 Å². The third kappa shape index (κ3) is 3.82. The molecule has 2 N–H and O–H groups in total. The first-order valence-corrected chi connectivity index (χ1v) is 10.8. The molecule has 4 rings (SSSR count). The molecule has 1 saturated heterocycles. The lowest BCUT2D eigenvalue weighted by molar-refractivity contribution is -0.118. The number of nitrogen functional groups attached to an aromatic ring is 1. The Morgan fingerprint density at radius 2 is 2.00 bits per heavy atom. The van der Waals surface area contributed by atoms with E-state index >= 15 is 4.39 Å². The topological polar surface area (TPSA) is 84.5 Å². The molecule has 1 aliphatic rings. The summed E-state index contributed by atoms with van der Waals surface area (Å²) in [6, 6.07) is 3.09. The average molecular weight is 430 g/mol. The minimum Gasteiger partial charge on any atom is -0.375 e. The molecule has 0 aliphatic carbocycles. The van der Waals surface area contributed by atoms with E-state index in [9.17, 15) is 9.59 Å². The highest BCUT2D eigenvalue weighted by Crippen LogP contribution is 2.28. The number of fused-ring (bicyclic) bond motifs is 1. The molecule has 0 unspecified atom stereocenters. The summed E-state index contributed by atoms with van der Waals surface area (Å²) < 4.78 is 17.0. The number of nitrogens with zero attached hydrogens (tertiary/aromatic N) is 4. The molecule has 1 fully saturated rings. The van der Waals surface area contributed by atoms with Crippen molar-refractivity contribution in [1.29, 1.82) is 0 Å². The molecule has 2 aromatic heterocycles. The quantitative estimate of drug-likeness (QED) is 0.671. The zero-order valence-corrected chi connectivity index (χ0v) is 17.8. The maximum atomic E-state index is 15.1. The van der Waals surface area contributed by atoms with E-state index in [0.717, 1.165) is 0 Å². The molecule has 0 saturated carbocycles. The number of aryl methyl sites for hydroxylation is 1. The number of ketones is 1. The summed E-state index contributed by atoms with van der Waals surface area (Å²) in [6.45, 7) is 7.25. The van der Waals surface area contributed by atoms with Crippen LogP contribution in [0.15, 0.2) is 28.5 Å². The van der Waals surface area contributed by atoms with Crippen molar-refractivity contribution in [2.45, 2.75) is 20.4 Å². The number of halogens is 1. The van der Waals surface area contributed by atoms with Gasteiger partial charge in [-0.15, -0.1) is 11.3 Å². The van der Waals surface area contributed by atoms with E-state index in [-0.39, 0.29) is 11.2 Å². The second kappa shape index (κ2) is 8.16. The van der Waals surface area contributed by atoms with Crippen LogP contribution in [-0.2, 0) is 11.3 Å². The molecule has 1 aromatic carbocycles. The Balaban J connectivity index is 1.74. The molecule has 0 radical (unpaired) electrons. The number of anilines is 2. The van der Waals surface area contributed by atoms with Crippen molar-refractivity contribution in [2.24, 2.45) is 0 Å². The zero-order valence-electron chi connectivity index (χ0n) is 17.0. The lowest BCUT2D eigenvalue weighted by Crippen LogP contribution is -2.48. The minimum atomic E-state index is -0.419. The highest BCUT2D eigenvalue weighted by atomic mass is 32.1. The van der Waals surface area contributed by atoms with Crippen molar-refractivity contribution < 1.29 is 9.18 Å². The van der Waals surface area contributed by atoms with Crippen LogP contribution in [0, 0.1) is 5.82 Å². The number of hydrogen-bond donors (Lipinski definition) is 1. The second-order valence-electron chi connectivity index (χ2n) is 7.51. The number of piperazine rings is 1. The molecule has 1 aliphatic heterocycles. The van der Waals surface area contributed by atoms with Crippen molar-refractivity contribution in [3.8, 4) is 11.3 Å². The number of thiazole rings is 1.